The minimum atomic E-state index is 0.774. The fraction of sp³-hybridized carbons (Fsp3) is 0.167. The van der Waals surface area contributed by atoms with Crippen molar-refractivity contribution in [2.45, 2.75) is 18.7 Å². The van der Waals surface area contributed by atoms with E-state index in [2.05, 4.69) is 52.4 Å². The van der Waals surface area contributed by atoms with E-state index in [0.717, 1.165) is 56.0 Å². The van der Waals surface area contributed by atoms with Crippen LogP contribution in [0.25, 0.3) is 33.1 Å². The van der Waals surface area contributed by atoms with Crippen LogP contribution in [-0.2, 0) is 0 Å². The Morgan fingerprint density at radius 2 is 1.97 bits per heavy atom. The second-order valence-electron chi connectivity index (χ2n) is 7.23. The second kappa shape index (κ2) is 8.00. The number of rotatable bonds is 6. The number of aromatic amines is 2. The number of H-pyrrole nitrogens is 2. The molecule has 0 aliphatic heterocycles. The van der Waals surface area contributed by atoms with Gasteiger partial charge in [0, 0.05) is 28.3 Å². The summed E-state index contributed by atoms with van der Waals surface area (Å²) in [6, 6.07) is 16.5. The molecule has 0 atom stereocenters. The van der Waals surface area contributed by atoms with Crippen LogP contribution in [0.1, 0.15) is 12.6 Å². The molecule has 0 radical (unpaired) electrons. The van der Waals surface area contributed by atoms with Crippen LogP contribution < -0.4 is 14.3 Å². The maximum Gasteiger partial charge on any atom is 0.326 e. The fourth-order valence-electron chi connectivity index (χ4n) is 3.90. The summed E-state index contributed by atoms with van der Waals surface area (Å²) >= 11 is 1.82. The lowest BCUT2D eigenvalue weighted by Crippen LogP contribution is -2.44. The quantitative estimate of drug-likeness (QED) is 0.284. The molecule has 0 saturated carbocycles. The molecule has 0 unspecified atom stereocenters. The molecule has 6 nitrogen and oxygen atoms in total. The average molecular weight is 432 g/mol. The molecule has 0 aliphatic rings. The molecule has 2 aromatic carbocycles. The first-order chi connectivity index (χ1) is 15.2. The highest BCUT2D eigenvalue weighted by molar-refractivity contribution is 7.99. The van der Waals surface area contributed by atoms with Crippen LogP contribution in [0, 0.1) is 6.92 Å². The Kier molecular flexibility index (Phi) is 5.03. The monoisotopic (exact) mass is 431 g/mol. The van der Waals surface area contributed by atoms with E-state index >= 15 is 0 Å². The summed E-state index contributed by atoms with van der Waals surface area (Å²) in [5.41, 5.74) is 5.03. The van der Waals surface area contributed by atoms with Gasteiger partial charge in [0.05, 0.1) is 23.3 Å². The standard InChI is InChI=1S/C24H22N4O2S/c1-4-31-18-6-8-23(30-17-5-7-22-16(12-17)14-26-27-22)21(13-18)20-11-15(2)28(29-3)24-19(20)9-10-25-24/h5-14H,4H2,1-3H3,(H,26,27)/p+1. The second-order valence-corrected chi connectivity index (χ2v) is 8.57. The predicted molar refractivity (Wildman–Crippen MR) is 124 cm³/mol. The molecule has 0 spiro atoms. The number of thioether (sulfide) groups is 1. The molecule has 0 aliphatic carbocycles. The Labute approximate surface area is 184 Å². The number of pyridine rings is 1. The van der Waals surface area contributed by atoms with E-state index in [1.165, 1.54) is 4.90 Å². The third-order valence-corrected chi connectivity index (χ3v) is 6.14. The third-order valence-electron chi connectivity index (χ3n) is 5.27. The molecule has 5 aromatic rings. The number of ether oxygens (including phenoxy) is 1. The van der Waals surface area contributed by atoms with Gasteiger partial charge in [-0.2, -0.15) is 5.10 Å². The van der Waals surface area contributed by atoms with Crippen molar-refractivity contribution in [2.24, 2.45) is 0 Å². The zero-order chi connectivity index (χ0) is 21.4. The SMILES string of the molecule is CCSc1ccc(Oc2ccc3[nH]ncc3c2)c(-c2cc(C)[n+](OC)c3[nH]ccc23)c1. The van der Waals surface area contributed by atoms with Crippen LogP contribution >= 0.6 is 11.8 Å². The van der Waals surface area contributed by atoms with Gasteiger partial charge in [0.15, 0.2) is 0 Å². The summed E-state index contributed by atoms with van der Waals surface area (Å²) in [6.45, 7) is 4.19. The lowest BCUT2D eigenvalue weighted by Gasteiger charge is -2.15. The zero-order valence-electron chi connectivity index (χ0n) is 17.6. The van der Waals surface area contributed by atoms with Crippen LogP contribution in [0.4, 0.5) is 0 Å². The van der Waals surface area contributed by atoms with Crippen molar-refractivity contribution in [3.63, 3.8) is 0 Å². The topological polar surface area (TPSA) is 66.8 Å². The lowest BCUT2D eigenvalue weighted by atomic mass is 10.0. The highest BCUT2D eigenvalue weighted by Crippen LogP contribution is 2.39. The van der Waals surface area contributed by atoms with Gasteiger partial charge in [0.2, 0.25) is 0 Å². The molecule has 7 heteroatoms. The van der Waals surface area contributed by atoms with Crippen LogP contribution in [0.2, 0.25) is 0 Å². The van der Waals surface area contributed by atoms with Crippen LogP contribution in [0.3, 0.4) is 0 Å². The molecule has 0 fully saturated rings. The summed E-state index contributed by atoms with van der Waals surface area (Å²) in [7, 11) is 1.67. The number of hydrogen-bond acceptors (Lipinski definition) is 4. The van der Waals surface area contributed by atoms with Gasteiger partial charge in [0.25, 0.3) is 0 Å². The minimum Gasteiger partial charge on any atom is -0.457 e. The molecule has 3 heterocycles. The van der Waals surface area contributed by atoms with E-state index in [4.69, 9.17) is 9.57 Å². The van der Waals surface area contributed by atoms with Gasteiger partial charge < -0.3 is 9.57 Å². The van der Waals surface area contributed by atoms with Crippen molar-refractivity contribution >= 4 is 33.7 Å². The third kappa shape index (κ3) is 3.51. The van der Waals surface area contributed by atoms with E-state index in [9.17, 15) is 0 Å². The number of aryl methyl sites for hydroxylation is 1. The van der Waals surface area contributed by atoms with Gasteiger partial charge in [-0.25, -0.2) is 4.98 Å². The van der Waals surface area contributed by atoms with Gasteiger partial charge in [-0.3, -0.25) is 5.10 Å². The van der Waals surface area contributed by atoms with E-state index in [1.807, 2.05) is 43.1 Å². The fourth-order valence-corrected chi connectivity index (χ4v) is 4.60. The Bertz CT molecular complexity index is 1390. The molecule has 156 valence electrons. The van der Waals surface area contributed by atoms with Crippen LogP contribution in [-0.4, -0.2) is 28.0 Å². The first kappa shape index (κ1) is 19.5. The molecule has 5 rings (SSSR count). The van der Waals surface area contributed by atoms with E-state index in [1.54, 1.807) is 18.0 Å². The summed E-state index contributed by atoms with van der Waals surface area (Å²) < 4.78 is 8.20. The van der Waals surface area contributed by atoms with Gasteiger partial charge in [-0.1, -0.05) is 6.92 Å². The molecular weight excluding hydrogens is 408 g/mol. The Balaban J connectivity index is 1.67. The molecule has 3 aromatic heterocycles. The number of nitrogens with one attached hydrogen (secondary N) is 2. The molecular formula is C24H23N4O2S+. The molecule has 2 N–H and O–H groups in total. The average Bonchev–Trinajstić information content (AvgIpc) is 3.44. The van der Waals surface area contributed by atoms with E-state index < -0.39 is 0 Å². The summed E-state index contributed by atoms with van der Waals surface area (Å²) in [5, 5.41) is 9.16. The molecule has 0 amide bonds. The van der Waals surface area contributed by atoms with Crippen molar-refractivity contribution in [3.05, 3.63) is 66.6 Å². The predicted octanol–water partition coefficient (Wildman–Crippen LogP) is 5.27. The normalized spacial score (nSPS) is 11.3. The molecule has 31 heavy (non-hydrogen) atoms. The van der Waals surface area contributed by atoms with Gasteiger partial charge in [0.1, 0.15) is 24.3 Å². The van der Waals surface area contributed by atoms with Crippen molar-refractivity contribution in [1.82, 2.24) is 15.2 Å². The van der Waals surface area contributed by atoms with Gasteiger partial charge >= 0.3 is 5.65 Å². The van der Waals surface area contributed by atoms with Crippen LogP contribution in [0.5, 0.6) is 11.5 Å². The lowest BCUT2D eigenvalue weighted by molar-refractivity contribution is -0.870. The van der Waals surface area contributed by atoms with Gasteiger partial charge in [-0.05, 0) is 59.0 Å². The Hall–Kier alpha value is -3.45. The van der Waals surface area contributed by atoms with E-state index in [-0.39, 0.29) is 0 Å². The number of benzene rings is 2. The van der Waals surface area contributed by atoms with Crippen molar-refractivity contribution in [1.29, 1.82) is 0 Å². The highest BCUT2D eigenvalue weighted by atomic mass is 32.2. The maximum absolute atomic E-state index is 6.40. The number of nitrogens with zero attached hydrogens (tertiary/aromatic N) is 2. The summed E-state index contributed by atoms with van der Waals surface area (Å²) in [5.74, 6) is 2.59. The van der Waals surface area contributed by atoms with Crippen LogP contribution in [0.15, 0.2) is 65.8 Å². The van der Waals surface area contributed by atoms with Crippen molar-refractivity contribution in [3.8, 4) is 22.6 Å². The van der Waals surface area contributed by atoms with Gasteiger partial charge in [-0.15, -0.1) is 11.8 Å². The Morgan fingerprint density at radius 1 is 1.06 bits per heavy atom. The smallest absolute Gasteiger partial charge is 0.326 e. The van der Waals surface area contributed by atoms with Crippen molar-refractivity contribution in [2.75, 3.05) is 12.9 Å². The Morgan fingerprint density at radius 3 is 2.81 bits per heavy atom. The highest BCUT2D eigenvalue weighted by Gasteiger charge is 2.21. The molecule has 0 saturated heterocycles. The maximum atomic E-state index is 6.40. The first-order valence-electron chi connectivity index (χ1n) is 10.1. The van der Waals surface area contributed by atoms with Crippen molar-refractivity contribution < 1.29 is 14.3 Å². The largest absolute Gasteiger partial charge is 0.457 e. The molecule has 0 bridgehead atoms. The zero-order valence-corrected chi connectivity index (χ0v) is 18.4. The summed E-state index contributed by atoms with van der Waals surface area (Å²) in [4.78, 5) is 10.1. The minimum absolute atomic E-state index is 0.774. The first-order valence-corrected chi connectivity index (χ1v) is 11.1. The number of aromatic nitrogens is 4. The summed E-state index contributed by atoms with van der Waals surface area (Å²) in [6.07, 6.45) is 3.73. The number of fused-ring (bicyclic) bond motifs is 2. The number of hydrogen-bond donors (Lipinski definition) is 2. The van der Waals surface area contributed by atoms with E-state index in [0.29, 0.717) is 0 Å².